The Kier molecular flexibility index (Phi) is 4.82. The van der Waals surface area contributed by atoms with E-state index in [1.54, 1.807) is 0 Å². The molecule has 2 nitrogen and oxygen atoms in total. The highest BCUT2D eigenvalue weighted by Gasteiger charge is 2.19. The smallest absolute Gasteiger partial charge is 0.345 e. The first-order valence-corrected chi connectivity index (χ1v) is 9.67. The first kappa shape index (κ1) is 18.8. The zero-order valence-corrected chi connectivity index (χ0v) is 16.8. The Hall–Kier alpha value is -3.57. The maximum atomic E-state index is 12.9. The second-order valence-corrected chi connectivity index (χ2v) is 8.08. The molecule has 0 spiro atoms. The molecule has 1 heterocycles. The molecule has 0 aliphatic rings. The van der Waals surface area contributed by atoms with Crippen LogP contribution in [0.1, 0.15) is 37.5 Å². The van der Waals surface area contributed by atoms with Gasteiger partial charge in [-0.2, -0.15) is 0 Å². The predicted molar refractivity (Wildman–Crippen MR) is 119 cm³/mol. The lowest BCUT2D eigenvalue weighted by molar-refractivity contribution is 0.560. The number of benzene rings is 3. The van der Waals surface area contributed by atoms with Gasteiger partial charge in [0.2, 0.25) is 0 Å². The van der Waals surface area contributed by atoms with Crippen molar-refractivity contribution in [1.82, 2.24) is 0 Å². The van der Waals surface area contributed by atoms with Crippen LogP contribution in [0.15, 0.2) is 88.1 Å². The molecule has 142 valence electrons. The van der Waals surface area contributed by atoms with Gasteiger partial charge in [-0.05, 0) is 40.8 Å². The summed E-state index contributed by atoms with van der Waals surface area (Å²) >= 11 is 0. The van der Waals surface area contributed by atoms with Crippen LogP contribution in [0.3, 0.4) is 0 Å². The topological polar surface area (TPSA) is 30.2 Å². The number of hydrogen-bond acceptors (Lipinski definition) is 2. The lowest BCUT2D eigenvalue weighted by Crippen LogP contribution is -2.12. The van der Waals surface area contributed by atoms with E-state index in [-0.39, 0.29) is 11.0 Å². The fourth-order valence-electron chi connectivity index (χ4n) is 3.32. The van der Waals surface area contributed by atoms with Crippen molar-refractivity contribution in [3.05, 3.63) is 106 Å². The minimum atomic E-state index is -0.371. The van der Waals surface area contributed by atoms with Gasteiger partial charge in [0.1, 0.15) is 5.58 Å². The molecular weight excluding hydrogens is 356 g/mol. The standard InChI is InChI=1S/C27H22O2/c1-27(2,3)21-15-17-24-23(18-21)22(16-14-19-10-6-4-7-11-19)25(26(28)29-24)20-12-8-5-9-13-20/h4-13,15,17-18H,1-3H3. The van der Waals surface area contributed by atoms with Crippen LogP contribution in [0, 0.1) is 11.8 Å². The van der Waals surface area contributed by atoms with Gasteiger partial charge in [-0.1, -0.05) is 87.2 Å². The van der Waals surface area contributed by atoms with Crippen LogP contribution in [-0.4, -0.2) is 0 Å². The molecule has 0 amide bonds. The van der Waals surface area contributed by atoms with E-state index in [0.717, 1.165) is 16.5 Å². The van der Waals surface area contributed by atoms with Crippen molar-refractivity contribution in [2.24, 2.45) is 0 Å². The van der Waals surface area contributed by atoms with E-state index in [4.69, 9.17) is 4.42 Å². The second-order valence-electron chi connectivity index (χ2n) is 8.08. The van der Waals surface area contributed by atoms with Gasteiger partial charge in [-0.3, -0.25) is 0 Å². The van der Waals surface area contributed by atoms with Crippen LogP contribution < -0.4 is 5.63 Å². The average Bonchev–Trinajstić information content (AvgIpc) is 2.72. The molecule has 0 saturated heterocycles. The number of hydrogen-bond donors (Lipinski definition) is 0. The minimum Gasteiger partial charge on any atom is -0.422 e. The van der Waals surface area contributed by atoms with E-state index in [1.807, 2.05) is 72.8 Å². The Balaban J connectivity index is 2.07. The summed E-state index contributed by atoms with van der Waals surface area (Å²) in [5.74, 6) is 6.50. The molecule has 0 radical (unpaired) electrons. The average molecular weight is 378 g/mol. The molecule has 0 unspecified atom stereocenters. The van der Waals surface area contributed by atoms with Gasteiger partial charge in [-0.25, -0.2) is 4.79 Å². The van der Waals surface area contributed by atoms with E-state index < -0.39 is 0 Å². The van der Waals surface area contributed by atoms with Gasteiger partial charge in [0, 0.05) is 10.9 Å². The monoisotopic (exact) mass is 378 g/mol. The fraction of sp³-hybridized carbons (Fsp3) is 0.148. The van der Waals surface area contributed by atoms with Crippen molar-refractivity contribution in [3.8, 4) is 23.0 Å². The molecule has 4 aromatic rings. The molecule has 0 atom stereocenters. The van der Waals surface area contributed by atoms with Crippen LogP contribution in [0.25, 0.3) is 22.1 Å². The van der Waals surface area contributed by atoms with Crippen LogP contribution >= 0.6 is 0 Å². The van der Waals surface area contributed by atoms with Crippen molar-refractivity contribution in [3.63, 3.8) is 0 Å². The molecule has 1 aromatic heterocycles. The van der Waals surface area contributed by atoms with E-state index >= 15 is 0 Å². The fourth-order valence-corrected chi connectivity index (χ4v) is 3.32. The SMILES string of the molecule is CC(C)(C)c1ccc2oc(=O)c(-c3ccccc3)c(C#Cc3ccccc3)c2c1. The molecule has 0 aliphatic heterocycles. The molecule has 0 aliphatic carbocycles. The zero-order valence-electron chi connectivity index (χ0n) is 16.8. The van der Waals surface area contributed by atoms with Crippen molar-refractivity contribution < 1.29 is 4.42 Å². The molecule has 4 rings (SSSR count). The first-order valence-electron chi connectivity index (χ1n) is 9.67. The largest absolute Gasteiger partial charge is 0.422 e. The van der Waals surface area contributed by atoms with Crippen LogP contribution in [0.5, 0.6) is 0 Å². The Morgan fingerprint density at radius 3 is 2.10 bits per heavy atom. The summed E-state index contributed by atoms with van der Waals surface area (Å²) in [4.78, 5) is 12.9. The van der Waals surface area contributed by atoms with Gasteiger partial charge in [0.15, 0.2) is 0 Å². The van der Waals surface area contributed by atoms with Crippen LogP contribution in [-0.2, 0) is 5.41 Å². The molecule has 2 heteroatoms. The highest BCUT2D eigenvalue weighted by molar-refractivity contribution is 5.91. The predicted octanol–water partition coefficient (Wildman–Crippen LogP) is 6.16. The van der Waals surface area contributed by atoms with Crippen molar-refractivity contribution in [1.29, 1.82) is 0 Å². The number of fused-ring (bicyclic) bond motifs is 1. The molecular formula is C27H22O2. The van der Waals surface area contributed by atoms with Gasteiger partial charge >= 0.3 is 5.63 Å². The van der Waals surface area contributed by atoms with Crippen molar-refractivity contribution in [2.45, 2.75) is 26.2 Å². The summed E-state index contributed by atoms with van der Waals surface area (Å²) in [6.07, 6.45) is 0. The lowest BCUT2D eigenvalue weighted by atomic mass is 9.85. The van der Waals surface area contributed by atoms with E-state index in [2.05, 4.69) is 38.7 Å². The maximum Gasteiger partial charge on any atom is 0.345 e. The summed E-state index contributed by atoms with van der Waals surface area (Å²) < 4.78 is 5.68. The van der Waals surface area contributed by atoms with Crippen molar-refractivity contribution >= 4 is 11.0 Å². The molecule has 0 N–H and O–H groups in total. The van der Waals surface area contributed by atoms with Crippen LogP contribution in [0.2, 0.25) is 0 Å². The van der Waals surface area contributed by atoms with Crippen LogP contribution in [0.4, 0.5) is 0 Å². The van der Waals surface area contributed by atoms with Gasteiger partial charge in [0.25, 0.3) is 0 Å². The van der Waals surface area contributed by atoms with E-state index in [1.165, 1.54) is 5.56 Å². The normalized spacial score (nSPS) is 11.1. The number of rotatable bonds is 1. The molecule has 0 saturated carbocycles. The third kappa shape index (κ3) is 3.86. The Morgan fingerprint density at radius 2 is 1.45 bits per heavy atom. The Morgan fingerprint density at radius 1 is 0.793 bits per heavy atom. The molecule has 3 aromatic carbocycles. The molecule has 0 bridgehead atoms. The summed E-state index contributed by atoms with van der Waals surface area (Å²) in [6.45, 7) is 6.50. The summed E-state index contributed by atoms with van der Waals surface area (Å²) in [6, 6.07) is 25.4. The van der Waals surface area contributed by atoms with Gasteiger partial charge < -0.3 is 4.42 Å². The van der Waals surface area contributed by atoms with E-state index in [9.17, 15) is 4.79 Å². The minimum absolute atomic E-state index is 0.0264. The van der Waals surface area contributed by atoms with Gasteiger partial charge in [0.05, 0.1) is 11.1 Å². The second kappa shape index (κ2) is 7.45. The Labute approximate surface area is 170 Å². The summed E-state index contributed by atoms with van der Waals surface area (Å²) in [5.41, 5.74) is 4.25. The van der Waals surface area contributed by atoms with Crippen molar-refractivity contribution in [2.75, 3.05) is 0 Å². The highest BCUT2D eigenvalue weighted by Crippen LogP contribution is 2.31. The zero-order chi connectivity index (χ0) is 20.4. The maximum absolute atomic E-state index is 12.9. The molecule has 0 fully saturated rings. The third-order valence-corrected chi connectivity index (χ3v) is 4.94. The summed E-state index contributed by atoms with van der Waals surface area (Å²) in [5, 5.41) is 0.860. The van der Waals surface area contributed by atoms with E-state index in [0.29, 0.717) is 16.7 Å². The van der Waals surface area contributed by atoms with Gasteiger partial charge in [-0.15, -0.1) is 0 Å². The lowest BCUT2D eigenvalue weighted by Gasteiger charge is -2.19. The Bertz CT molecular complexity index is 1280. The highest BCUT2D eigenvalue weighted by atomic mass is 16.4. The molecule has 29 heavy (non-hydrogen) atoms. The summed E-state index contributed by atoms with van der Waals surface area (Å²) in [7, 11) is 0. The quantitative estimate of drug-likeness (QED) is 0.293. The third-order valence-electron chi connectivity index (χ3n) is 4.94. The first-order chi connectivity index (χ1) is 13.9.